The third-order valence-corrected chi connectivity index (χ3v) is 3.33. The molecule has 0 aliphatic heterocycles. The molecule has 2 aromatic rings. The summed E-state index contributed by atoms with van der Waals surface area (Å²) in [4.78, 5) is 0. The second-order valence-electron chi connectivity index (χ2n) is 4.96. The molecule has 0 fully saturated rings. The summed E-state index contributed by atoms with van der Waals surface area (Å²) in [7, 11) is 1.61. The first-order valence-electron chi connectivity index (χ1n) is 7.07. The smallest absolute Gasteiger partial charge is 0.130 e. The molecule has 0 saturated heterocycles. The van der Waals surface area contributed by atoms with Crippen molar-refractivity contribution in [3.8, 4) is 11.5 Å². The van der Waals surface area contributed by atoms with Crippen LogP contribution in [-0.4, -0.2) is 22.0 Å². The predicted molar refractivity (Wildman–Crippen MR) is 80.6 cm³/mol. The molecule has 0 bridgehead atoms. The molecule has 0 saturated carbocycles. The summed E-state index contributed by atoms with van der Waals surface area (Å²) < 4.78 is 13.0. The van der Waals surface area contributed by atoms with Crippen molar-refractivity contribution in [2.45, 2.75) is 40.0 Å². The molecule has 21 heavy (non-hydrogen) atoms. The first-order valence-corrected chi connectivity index (χ1v) is 7.07. The Morgan fingerprint density at radius 2 is 2.10 bits per heavy atom. The van der Waals surface area contributed by atoms with E-state index in [4.69, 9.17) is 9.47 Å². The fourth-order valence-electron chi connectivity index (χ4n) is 2.25. The molecule has 0 radical (unpaired) electrons. The lowest BCUT2D eigenvalue weighted by molar-refractivity contribution is 0.189. The van der Waals surface area contributed by atoms with Crippen LogP contribution in [0, 0.1) is 6.92 Å². The maximum Gasteiger partial charge on any atom is 0.130 e. The second-order valence-corrected chi connectivity index (χ2v) is 4.96. The van der Waals surface area contributed by atoms with E-state index in [1.807, 2.05) is 36.7 Å². The Balaban J connectivity index is 2.21. The van der Waals surface area contributed by atoms with Crippen molar-refractivity contribution in [3.63, 3.8) is 0 Å². The van der Waals surface area contributed by atoms with Crippen LogP contribution in [-0.2, 0) is 13.2 Å². The Bertz CT molecular complexity index is 606. The Kier molecular flexibility index (Phi) is 4.85. The monoisotopic (exact) mass is 290 g/mol. The van der Waals surface area contributed by atoms with Crippen LogP contribution in [0.4, 0.5) is 0 Å². The van der Waals surface area contributed by atoms with Crippen LogP contribution in [0.15, 0.2) is 24.3 Å². The van der Waals surface area contributed by atoms with Gasteiger partial charge >= 0.3 is 0 Å². The first-order chi connectivity index (χ1) is 10.0. The number of aryl methyl sites for hydroxylation is 2. The van der Waals surface area contributed by atoms with Crippen LogP contribution in [0.25, 0.3) is 0 Å². The lowest BCUT2D eigenvalue weighted by Crippen LogP contribution is -2.07. The van der Waals surface area contributed by atoms with Crippen LogP contribution in [0.1, 0.15) is 36.9 Å². The molecule has 1 unspecified atom stereocenters. The van der Waals surface area contributed by atoms with Gasteiger partial charge in [0.15, 0.2) is 0 Å². The van der Waals surface area contributed by atoms with E-state index < -0.39 is 6.10 Å². The minimum absolute atomic E-state index is 0.404. The number of ether oxygens (including phenoxy) is 2. The fraction of sp³-hybridized carbons (Fsp3) is 0.438. The van der Waals surface area contributed by atoms with Gasteiger partial charge in [-0.2, -0.15) is 5.10 Å². The highest BCUT2D eigenvalue weighted by Gasteiger charge is 2.12. The Morgan fingerprint density at radius 3 is 2.71 bits per heavy atom. The highest BCUT2D eigenvalue weighted by atomic mass is 16.5. The largest absolute Gasteiger partial charge is 0.497 e. The van der Waals surface area contributed by atoms with Crippen molar-refractivity contribution in [3.05, 3.63) is 41.2 Å². The number of hydrogen-bond acceptors (Lipinski definition) is 4. The summed E-state index contributed by atoms with van der Waals surface area (Å²) in [5.41, 5.74) is 2.72. The lowest BCUT2D eigenvalue weighted by Gasteiger charge is -2.15. The van der Waals surface area contributed by atoms with Gasteiger partial charge in [0, 0.05) is 18.2 Å². The van der Waals surface area contributed by atoms with Gasteiger partial charge in [-0.15, -0.1) is 0 Å². The minimum atomic E-state index is -0.594. The maximum atomic E-state index is 9.83. The Morgan fingerprint density at radius 1 is 1.33 bits per heavy atom. The number of aliphatic hydroxyl groups excluding tert-OH is 1. The van der Waals surface area contributed by atoms with Crippen molar-refractivity contribution in [2.75, 3.05) is 7.11 Å². The van der Waals surface area contributed by atoms with Gasteiger partial charge in [-0.1, -0.05) is 0 Å². The van der Waals surface area contributed by atoms with Crippen molar-refractivity contribution in [2.24, 2.45) is 0 Å². The zero-order valence-corrected chi connectivity index (χ0v) is 13.0. The van der Waals surface area contributed by atoms with E-state index in [2.05, 4.69) is 5.10 Å². The first kappa shape index (κ1) is 15.4. The number of aliphatic hydroxyl groups is 1. The van der Waals surface area contributed by atoms with E-state index in [1.165, 1.54) is 0 Å². The molecule has 0 aliphatic rings. The van der Waals surface area contributed by atoms with Crippen molar-refractivity contribution >= 4 is 0 Å². The summed E-state index contributed by atoms with van der Waals surface area (Å²) in [6, 6.07) is 7.43. The molecule has 1 aromatic heterocycles. The van der Waals surface area contributed by atoms with E-state index in [9.17, 15) is 5.11 Å². The van der Waals surface area contributed by atoms with Crippen molar-refractivity contribution in [1.82, 2.24) is 9.78 Å². The molecule has 2 rings (SSSR count). The standard InChI is InChI=1S/C16H22N2O3/c1-5-18-13(8-11(2)17-18)10-21-16-9-14(20-4)6-7-15(16)12(3)19/h6-9,12,19H,5,10H2,1-4H3. The number of aromatic nitrogens is 2. The summed E-state index contributed by atoms with van der Waals surface area (Å²) >= 11 is 0. The van der Waals surface area contributed by atoms with Crippen LogP contribution < -0.4 is 9.47 Å². The molecule has 5 heteroatoms. The number of nitrogens with zero attached hydrogens (tertiary/aromatic N) is 2. The summed E-state index contributed by atoms with van der Waals surface area (Å²) in [6.07, 6.45) is -0.594. The van der Waals surface area contributed by atoms with E-state index >= 15 is 0 Å². The fourth-order valence-corrected chi connectivity index (χ4v) is 2.25. The average molecular weight is 290 g/mol. The molecular weight excluding hydrogens is 268 g/mol. The Hall–Kier alpha value is -2.01. The van der Waals surface area contributed by atoms with Gasteiger partial charge in [0.05, 0.1) is 24.6 Å². The quantitative estimate of drug-likeness (QED) is 0.889. The van der Waals surface area contributed by atoms with Gasteiger partial charge in [0.1, 0.15) is 18.1 Å². The summed E-state index contributed by atoms with van der Waals surface area (Å²) in [6.45, 7) is 6.93. The minimum Gasteiger partial charge on any atom is -0.497 e. The molecule has 1 heterocycles. The summed E-state index contributed by atoms with van der Waals surface area (Å²) in [5, 5.41) is 14.2. The van der Waals surface area contributed by atoms with E-state index in [0.29, 0.717) is 18.1 Å². The van der Waals surface area contributed by atoms with Crippen molar-refractivity contribution in [1.29, 1.82) is 0 Å². The lowest BCUT2D eigenvalue weighted by atomic mass is 10.1. The van der Waals surface area contributed by atoms with Gasteiger partial charge in [0.2, 0.25) is 0 Å². The zero-order valence-electron chi connectivity index (χ0n) is 13.0. The molecule has 1 aromatic carbocycles. The van der Waals surface area contributed by atoms with Gasteiger partial charge in [-0.25, -0.2) is 0 Å². The molecule has 1 atom stereocenters. The Labute approximate surface area is 125 Å². The molecule has 1 N–H and O–H groups in total. The zero-order chi connectivity index (χ0) is 15.4. The number of benzene rings is 1. The van der Waals surface area contributed by atoms with Crippen molar-refractivity contribution < 1.29 is 14.6 Å². The van der Waals surface area contributed by atoms with Crippen LogP contribution >= 0.6 is 0 Å². The number of methoxy groups -OCH3 is 1. The highest BCUT2D eigenvalue weighted by molar-refractivity contribution is 5.41. The van der Waals surface area contributed by atoms with E-state index in [-0.39, 0.29) is 0 Å². The third-order valence-electron chi connectivity index (χ3n) is 3.33. The molecule has 0 spiro atoms. The average Bonchev–Trinajstić information content (AvgIpc) is 2.84. The van der Waals surface area contributed by atoms with Crippen LogP contribution in [0.3, 0.4) is 0 Å². The molecule has 0 aliphatic carbocycles. The molecular formula is C16H22N2O3. The van der Waals surface area contributed by atoms with Crippen LogP contribution in [0.5, 0.6) is 11.5 Å². The van der Waals surface area contributed by atoms with Gasteiger partial charge < -0.3 is 14.6 Å². The molecule has 0 amide bonds. The van der Waals surface area contributed by atoms with E-state index in [0.717, 1.165) is 23.5 Å². The van der Waals surface area contributed by atoms with Gasteiger partial charge in [0.25, 0.3) is 0 Å². The normalized spacial score (nSPS) is 12.2. The molecule has 114 valence electrons. The molecule has 5 nitrogen and oxygen atoms in total. The highest BCUT2D eigenvalue weighted by Crippen LogP contribution is 2.30. The maximum absolute atomic E-state index is 9.83. The summed E-state index contributed by atoms with van der Waals surface area (Å²) in [5.74, 6) is 1.33. The van der Waals surface area contributed by atoms with Gasteiger partial charge in [-0.05, 0) is 39.0 Å². The second kappa shape index (κ2) is 6.63. The predicted octanol–water partition coefficient (Wildman–Crippen LogP) is 2.85. The number of hydrogen-bond donors (Lipinski definition) is 1. The SMILES string of the molecule is CCn1nc(C)cc1COc1cc(OC)ccc1C(C)O. The number of rotatable bonds is 6. The van der Waals surface area contributed by atoms with Crippen LogP contribution in [0.2, 0.25) is 0 Å². The van der Waals surface area contributed by atoms with E-state index in [1.54, 1.807) is 20.1 Å². The topological polar surface area (TPSA) is 56.5 Å². The van der Waals surface area contributed by atoms with Gasteiger partial charge in [-0.3, -0.25) is 4.68 Å². The third kappa shape index (κ3) is 3.55.